The van der Waals surface area contributed by atoms with Crippen LogP contribution in [0.3, 0.4) is 0 Å². The van der Waals surface area contributed by atoms with Gasteiger partial charge in [0.25, 0.3) is 11.8 Å². The molecule has 1 aliphatic heterocycles. The molecular weight excluding hydrogens is 526 g/mol. The van der Waals surface area contributed by atoms with Crippen LogP contribution in [0.5, 0.6) is 5.75 Å². The Bertz CT molecular complexity index is 1200. The van der Waals surface area contributed by atoms with Crippen LogP contribution in [0, 0.1) is 0 Å². The third-order valence-electron chi connectivity index (χ3n) is 5.69. The summed E-state index contributed by atoms with van der Waals surface area (Å²) in [4.78, 5) is 27.3. The molecule has 3 aromatic rings. The maximum atomic E-state index is 13.0. The summed E-state index contributed by atoms with van der Waals surface area (Å²) in [6, 6.07) is 22.4. The van der Waals surface area contributed by atoms with Gasteiger partial charge >= 0.3 is 0 Å². The minimum absolute atomic E-state index is 0.0411. The van der Waals surface area contributed by atoms with Crippen molar-refractivity contribution in [2.75, 3.05) is 25.0 Å². The van der Waals surface area contributed by atoms with Crippen LogP contribution in [0.15, 0.2) is 77.3 Å². The maximum Gasteiger partial charge on any atom is 0.261 e. The fourth-order valence-electron chi connectivity index (χ4n) is 3.86. The summed E-state index contributed by atoms with van der Waals surface area (Å²) < 4.78 is 6.67. The first-order valence-electron chi connectivity index (χ1n) is 11.5. The molecule has 0 unspecified atom stereocenters. The van der Waals surface area contributed by atoms with E-state index < -0.39 is 0 Å². The second-order valence-corrected chi connectivity index (χ2v) is 9.53. The van der Waals surface area contributed by atoms with E-state index in [9.17, 15) is 9.59 Å². The van der Waals surface area contributed by atoms with E-state index in [2.05, 4.69) is 26.6 Å². The van der Waals surface area contributed by atoms with Gasteiger partial charge in [0.15, 0.2) is 5.11 Å². The van der Waals surface area contributed by atoms with E-state index in [4.69, 9.17) is 17.0 Å². The molecule has 0 aromatic heterocycles. The largest absolute Gasteiger partial charge is 0.492 e. The van der Waals surface area contributed by atoms with Gasteiger partial charge in [-0.2, -0.15) is 0 Å². The number of likely N-dealkylation sites (tertiary alicyclic amines) is 1. The van der Waals surface area contributed by atoms with Crippen molar-refractivity contribution in [3.63, 3.8) is 0 Å². The van der Waals surface area contributed by atoms with Gasteiger partial charge in [-0.25, -0.2) is 0 Å². The number of hydrogen-bond acceptors (Lipinski definition) is 4. The van der Waals surface area contributed by atoms with E-state index in [1.807, 2.05) is 41.3 Å². The number of benzene rings is 3. The number of rotatable bonds is 7. The van der Waals surface area contributed by atoms with Gasteiger partial charge in [0.2, 0.25) is 0 Å². The zero-order valence-electron chi connectivity index (χ0n) is 19.1. The monoisotopic (exact) mass is 551 g/mol. The van der Waals surface area contributed by atoms with Crippen LogP contribution in [0.1, 0.15) is 39.1 Å². The van der Waals surface area contributed by atoms with E-state index in [0.29, 0.717) is 29.2 Å². The first kappa shape index (κ1) is 24.9. The van der Waals surface area contributed by atoms with Gasteiger partial charge in [-0.3, -0.25) is 14.9 Å². The zero-order chi connectivity index (χ0) is 24.6. The normalized spacial score (nSPS) is 12.8. The van der Waals surface area contributed by atoms with E-state index >= 15 is 0 Å². The number of nitrogens with one attached hydrogen (secondary N) is 2. The van der Waals surface area contributed by atoms with Gasteiger partial charge in [-0.1, -0.05) is 46.3 Å². The SMILES string of the molecule is O=C(NC(=S)Nc1ccc(C(=O)N2CCCC2)cc1)c1cc(Br)ccc1OCCc1ccccc1. The molecule has 0 bridgehead atoms. The Labute approximate surface area is 218 Å². The molecule has 3 aromatic carbocycles. The predicted molar refractivity (Wildman–Crippen MR) is 145 cm³/mol. The van der Waals surface area contributed by atoms with Gasteiger partial charge < -0.3 is 15.0 Å². The summed E-state index contributed by atoms with van der Waals surface area (Å²) in [6.45, 7) is 2.06. The smallest absolute Gasteiger partial charge is 0.261 e. The number of anilines is 1. The molecule has 180 valence electrons. The van der Waals surface area contributed by atoms with Crippen molar-refractivity contribution in [2.24, 2.45) is 0 Å². The number of carbonyl (C=O) groups is 2. The van der Waals surface area contributed by atoms with Gasteiger partial charge in [-0.05, 0) is 73.1 Å². The van der Waals surface area contributed by atoms with E-state index in [1.165, 1.54) is 0 Å². The van der Waals surface area contributed by atoms with Crippen LogP contribution in [0.2, 0.25) is 0 Å². The van der Waals surface area contributed by atoms with Crippen molar-refractivity contribution in [1.82, 2.24) is 10.2 Å². The molecule has 8 heteroatoms. The third kappa shape index (κ3) is 6.90. The Morgan fingerprint density at radius 3 is 2.40 bits per heavy atom. The maximum absolute atomic E-state index is 13.0. The van der Waals surface area contributed by atoms with E-state index in [-0.39, 0.29) is 16.9 Å². The molecule has 0 saturated carbocycles. The predicted octanol–water partition coefficient (Wildman–Crippen LogP) is 5.43. The highest BCUT2D eigenvalue weighted by molar-refractivity contribution is 9.10. The third-order valence-corrected chi connectivity index (χ3v) is 6.38. The Kier molecular flexibility index (Phi) is 8.50. The van der Waals surface area contributed by atoms with Crippen LogP contribution >= 0.6 is 28.1 Å². The molecule has 2 N–H and O–H groups in total. The Hall–Kier alpha value is -3.23. The molecule has 1 heterocycles. The molecule has 1 fully saturated rings. The number of nitrogens with zero attached hydrogens (tertiary/aromatic N) is 1. The highest BCUT2D eigenvalue weighted by Crippen LogP contribution is 2.24. The number of carbonyl (C=O) groups excluding carboxylic acids is 2. The Morgan fingerprint density at radius 2 is 1.69 bits per heavy atom. The molecule has 35 heavy (non-hydrogen) atoms. The van der Waals surface area contributed by atoms with Gasteiger partial charge in [-0.15, -0.1) is 0 Å². The van der Waals surface area contributed by atoms with E-state index in [0.717, 1.165) is 42.4 Å². The number of thiocarbonyl (C=S) groups is 1. The van der Waals surface area contributed by atoms with Gasteiger partial charge in [0, 0.05) is 35.2 Å². The number of hydrogen-bond donors (Lipinski definition) is 2. The fourth-order valence-corrected chi connectivity index (χ4v) is 4.43. The summed E-state index contributed by atoms with van der Waals surface area (Å²) in [6.07, 6.45) is 2.84. The second-order valence-electron chi connectivity index (χ2n) is 8.21. The van der Waals surface area contributed by atoms with Crippen LogP contribution in [0.4, 0.5) is 5.69 Å². The average Bonchev–Trinajstić information content (AvgIpc) is 3.40. The molecule has 6 nitrogen and oxygen atoms in total. The van der Waals surface area contributed by atoms with Crippen molar-refractivity contribution in [3.8, 4) is 5.75 Å². The van der Waals surface area contributed by atoms with Crippen LogP contribution in [0.25, 0.3) is 0 Å². The minimum Gasteiger partial charge on any atom is -0.492 e. The highest BCUT2D eigenvalue weighted by Gasteiger charge is 2.19. The summed E-state index contributed by atoms with van der Waals surface area (Å²) in [5.74, 6) is 0.146. The standard InChI is InChI=1S/C27H26BrN3O3S/c28-21-10-13-24(34-17-14-19-6-2-1-3-7-19)23(18-21)25(32)30-27(35)29-22-11-8-20(9-12-22)26(33)31-15-4-5-16-31/h1-3,6-13,18H,4-5,14-17H2,(H2,29,30,32,35). The molecular formula is C27H26BrN3O3S. The lowest BCUT2D eigenvalue weighted by Gasteiger charge is -2.16. The van der Waals surface area contributed by atoms with Gasteiger partial charge in [0.05, 0.1) is 12.2 Å². The van der Waals surface area contributed by atoms with Crippen LogP contribution in [-0.4, -0.2) is 41.5 Å². The minimum atomic E-state index is -0.376. The highest BCUT2D eigenvalue weighted by atomic mass is 79.9. The van der Waals surface area contributed by atoms with Crippen molar-refractivity contribution in [3.05, 3.63) is 94.0 Å². The molecule has 1 aliphatic rings. The quantitative estimate of drug-likeness (QED) is 0.383. The van der Waals surface area contributed by atoms with Gasteiger partial charge in [0.1, 0.15) is 5.75 Å². The number of halogens is 1. The van der Waals surface area contributed by atoms with Crippen molar-refractivity contribution in [1.29, 1.82) is 0 Å². The van der Waals surface area contributed by atoms with Crippen molar-refractivity contribution in [2.45, 2.75) is 19.3 Å². The first-order chi connectivity index (χ1) is 17.0. The molecule has 0 radical (unpaired) electrons. The molecule has 0 atom stereocenters. The van der Waals surface area contributed by atoms with Crippen LogP contribution in [-0.2, 0) is 6.42 Å². The molecule has 2 amide bonds. The number of ether oxygens (including phenoxy) is 1. The van der Waals surface area contributed by atoms with Crippen LogP contribution < -0.4 is 15.4 Å². The summed E-state index contributed by atoms with van der Waals surface area (Å²) >= 11 is 8.76. The zero-order valence-corrected chi connectivity index (χ0v) is 21.5. The first-order valence-corrected chi connectivity index (χ1v) is 12.7. The molecule has 4 rings (SSSR count). The second kappa shape index (κ2) is 12.0. The summed E-state index contributed by atoms with van der Waals surface area (Å²) in [7, 11) is 0. The van der Waals surface area contributed by atoms with E-state index in [1.54, 1.807) is 36.4 Å². The number of amides is 2. The Morgan fingerprint density at radius 1 is 0.971 bits per heavy atom. The lowest BCUT2D eigenvalue weighted by Crippen LogP contribution is -2.34. The Balaban J connectivity index is 1.34. The molecule has 0 aliphatic carbocycles. The van der Waals surface area contributed by atoms with Crippen molar-refractivity contribution < 1.29 is 14.3 Å². The lowest BCUT2D eigenvalue weighted by atomic mass is 10.1. The lowest BCUT2D eigenvalue weighted by molar-refractivity contribution is 0.0792. The average molecular weight is 552 g/mol. The molecule has 0 spiro atoms. The summed E-state index contributed by atoms with van der Waals surface area (Å²) in [5, 5.41) is 5.86. The summed E-state index contributed by atoms with van der Waals surface area (Å²) in [5.41, 5.74) is 2.86. The fraction of sp³-hybridized carbons (Fsp3) is 0.222. The molecule has 1 saturated heterocycles. The topological polar surface area (TPSA) is 70.7 Å². The van der Waals surface area contributed by atoms with Crippen molar-refractivity contribution >= 4 is 50.8 Å².